The molecule has 1 rings (SSSR count). The summed E-state index contributed by atoms with van der Waals surface area (Å²) in [5.74, 6) is 0. The maximum atomic E-state index is 9.67. The van der Waals surface area contributed by atoms with E-state index in [1.807, 2.05) is 30.3 Å². The van der Waals surface area contributed by atoms with E-state index < -0.39 is 6.10 Å². The van der Waals surface area contributed by atoms with E-state index in [2.05, 4.69) is 13.5 Å². The fourth-order valence-corrected chi connectivity index (χ4v) is 1.29. The molecule has 0 aromatic heterocycles. The fourth-order valence-electron chi connectivity index (χ4n) is 1.29. The molecule has 0 unspecified atom stereocenters. The molecule has 1 aromatic carbocycles. The summed E-state index contributed by atoms with van der Waals surface area (Å²) in [6.07, 6.45) is 1.37. The molecule has 0 heterocycles. The molecular formula is C12H16O. The van der Waals surface area contributed by atoms with E-state index in [0.717, 1.165) is 24.0 Å². The number of hydrogen-bond donors (Lipinski definition) is 1. The van der Waals surface area contributed by atoms with Crippen LogP contribution in [0.25, 0.3) is 5.57 Å². The maximum Gasteiger partial charge on any atom is 0.0790 e. The number of benzene rings is 1. The molecule has 0 aliphatic rings. The van der Waals surface area contributed by atoms with Crippen molar-refractivity contribution in [3.63, 3.8) is 0 Å². The highest BCUT2D eigenvalue weighted by atomic mass is 16.3. The zero-order valence-electron chi connectivity index (χ0n) is 8.03. The van der Waals surface area contributed by atoms with Crippen LogP contribution in [0.5, 0.6) is 0 Å². The lowest BCUT2D eigenvalue weighted by molar-refractivity contribution is 0.221. The van der Waals surface area contributed by atoms with E-state index in [-0.39, 0.29) is 0 Å². The monoisotopic (exact) mass is 176 g/mol. The molecular weight excluding hydrogens is 160 g/mol. The van der Waals surface area contributed by atoms with Crippen molar-refractivity contribution in [1.82, 2.24) is 0 Å². The topological polar surface area (TPSA) is 20.2 Å². The van der Waals surface area contributed by atoms with Gasteiger partial charge in [0.2, 0.25) is 0 Å². The molecule has 0 radical (unpaired) electrons. The lowest BCUT2D eigenvalue weighted by Gasteiger charge is -2.12. The van der Waals surface area contributed by atoms with Gasteiger partial charge in [0.05, 0.1) is 6.10 Å². The average molecular weight is 176 g/mol. The summed E-state index contributed by atoms with van der Waals surface area (Å²) >= 11 is 0. The van der Waals surface area contributed by atoms with Crippen LogP contribution in [-0.4, -0.2) is 11.2 Å². The van der Waals surface area contributed by atoms with Crippen LogP contribution >= 0.6 is 0 Å². The first kappa shape index (κ1) is 10.0. The van der Waals surface area contributed by atoms with E-state index in [9.17, 15) is 5.11 Å². The van der Waals surface area contributed by atoms with Gasteiger partial charge in [-0.15, -0.1) is 0 Å². The third kappa shape index (κ3) is 2.71. The van der Waals surface area contributed by atoms with E-state index in [1.165, 1.54) is 0 Å². The van der Waals surface area contributed by atoms with Crippen molar-refractivity contribution in [2.24, 2.45) is 0 Å². The van der Waals surface area contributed by atoms with Crippen LogP contribution in [0.1, 0.15) is 25.3 Å². The molecule has 0 aliphatic heterocycles. The van der Waals surface area contributed by atoms with Gasteiger partial charge in [0.1, 0.15) is 0 Å². The third-order valence-electron chi connectivity index (χ3n) is 2.11. The van der Waals surface area contributed by atoms with Gasteiger partial charge >= 0.3 is 0 Å². The normalized spacial score (nSPS) is 12.5. The van der Waals surface area contributed by atoms with E-state index >= 15 is 0 Å². The second-order valence-electron chi connectivity index (χ2n) is 3.20. The number of aliphatic hydroxyl groups is 1. The maximum absolute atomic E-state index is 9.67. The van der Waals surface area contributed by atoms with E-state index in [0.29, 0.717) is 0 Å². The fraction of sp³-hybridized carbons (Fsp3) is 0.333. The van der Waals surface area contributed by atoms with Gasteiger partial charge in [0.15, 0.2) is 0 Å². The average Bonchev–Trinajstić information content (AvgIpc) is 2.18. The summed E-state index contributed by atoms with van der Waals surface area (Å²) in [6, 6.07) is 9.82. The lowest BCUT2D eigenvalue weighted by Crippen LogP contribution is -2.07. The Hall–Kier alpha value is -1.08. The van der Waals surface area contributed by atoms with Crippen molar-refractivity contribution in [2.75, 3.05) is 0 Å². The minimum atomic E-state index is -0.396. The molecule has 0 bridgehead atoms. The van der Waals surface area contributed by atoms with Gasteiger partial charge in [-0.25, -0.2) is 0 Å². The highest BCUT2D eigenvalue weighted by Crippen LogP contribution is 2.18. The van der Waals surface area contributed by atoms with Gasteiger partial charge < -0.3 is 5.11 Å². The molecule has 1 heteroatoms. The Labute approximate surface area is 79.7 Å². The zero-order valence-corrected chi connectivity index (χ0v) is 8.03. The first-order chi connectivity index (χ1) is 6.25. The molecule has 0 saturated heterocycles. The molecule has 0 spiro atoms. The standard InChI is InChI=1S/C12H16O/c1-3-7-12(13)10(2)11-8-5-4-6-9-11/h4-6,8-9,12-13H,2-3,7H2,1H3/t12-/m1/s1. The number of hydrogen-bond acceptors (Lipinski definition) is 1. The summed E-state index contributed by atoms with van der Waals surface area (Å²) in [5, 5.41) is 9.67. The van der Waals surface area contributed by atoms with Crippen LogP contribution in [0.2, 0.25) is 0 Å². The van der Waals surface area contributed by atoms with E-state index in [4.69, 9.17) is 0 Å². The Morgan fingerprint density at radius 2 is 2.00 bits per heavy atom. The molecule has 1 atom stereocenters. The number of rotatable bonds is 4. The predicted molar refractivity (Wildman–Crippen MR) is 56.4 cm³/mol. The molecule has 1 N–H and O–H groups in total. The summed E-state index contributed by atoms with van der Waals surface area (Å²) in [6.45, 7) is 5.95. The van der Waals surface area contributed by atoms with Crippen molar-refractivity contribution >= 4 is 5.57 Å². The van der Waals surface area contributed by atoms with Gasteiger partial charge in [-0.1, -0.05) is 50.3 Å². The molecule has 0 saturated carbocycles. The molecule has 13 heavy (non-hydrogen) atoms. The molecule has 0 fully saturated rings. The summed E-state index contributed by atoms with van der Waals surface area (Å²) < 4.78 is 0. The van der Waals surface area contributed by atoms with E-state index in [1.54, 1.807) is 0 Å². The first-order valence-corrected chi connectivity index (χ1v) is 4.68. The van der Waals surface area contributed by atoms with Crippen LogP contribution in [0.15, 0.2) is 36.9 Å². The largest absolute Gasteiger partial charge is 0.388 e. The lowest BCUT2D eigenvalue weighted by atomic mass is 9.99. The quantitative estimate of drug-likeness (QED) is 0.748. The molecule has 70 valence electrons. The number of aliphatic hydroxyl groups excluding tert-OH is 1. The molecule has 1 nitrogen and oxygen atoms in total. The molecule has 0 aliphatic carbocycles. The minimum Gasteiger partial charge on any atom is -0.388 e. The second kappa shape index (κ2) is 4.83. The summed E-state index contributed by atoms with van der Waals surface area (Å²) in [7, 11) is 0. The summed E-state index contributed by atoms with van der Waals surface area (Å²) in [5.41, 5.74) is 1.85. The van der Waals surface area contributed by atoms with Crippen LogP contribution in [0, 0.1) is 0 Å². The van der Waals surface area contributed by atoms with Gasteiger partial charge in [-0.3, -0.25) is 0 Å². The summed E-state index contributed by atoms with van der Waals surface area (Å²) in [4.78, 5) is 0. The van der Waals surface area contributed by atoms with Crippen LogP contribution in [0.3, 0.4) is 0 Å². The Balaban J connectivity index is 2.68. The molecule has 1 aromatic rings. The zero-order chi connectivity index (χ0) is 9.68. The Morgan fingerprint density at radius 1 is 1.38 bits per heavy atom. The van der Waals surface area contributed by atoms with Crippen LogP contribution < -0.4 is 0 Å². The van der Waals surface area contributed by atoms with Gasteiger partial charge in [-0.05, 0) is 17.6 Å². The van der Waals surface area contributed by atoms with Crippen LogP contribution in [0.4, 0.5) is 0 Å². The third-order valence-corrected chi connectivity index (χ3v) is 2.11. The Morgan fingerprint density at radius 3 is 2.54 bits per heavy atom. The Bertz CT molecular complexity index is 264. The van der Waals surface area contributed by atoms with Crippen molar-refractivity contribution in [2.45, 2.75) is 25.9 Å². The minimum absolute atomic E-state index is 0.396. The first-order valence-electron chi connectivity index (χ1n) is 4.68. The smallest absolute Gasteiger partial charge is 0.0790 e. The Kier molecular flexibility index (Phi) is 3.71. The van der Waals surface area contributed by atoms with Gasteiger partial charge in [0, 0.05) is 0 Å². The van der Waals surface area contributed by atoms with Crippen molar-refractivity contribution < 1.29 is 5.11 Å². The second-order valence-corrected chi connectivity index (χ2v) is 3.20. The molecule has 0 amide bonds. The van der Waals surface area contributed by atoms with Gasteiger partial charge in [-0.2, -0.15) is 0 Å². The highest BCUT2D eigenvalue weighted by Gasteiger charge is 2.08. The predicted octanol–water partition coefficient (Wildman–Crippen LogP) is 2.86. The SMILES string of the molecule is C=C(c1ccccc1)[C@H](O)CCC. The van der Waals surface area contributed by atoms with Crippen molar-refractivity contribution in [1.29, 1.82) is 0 Å². The van der Waals surface area contributed by atoms with Crippen LogP contribution in [-0.2, 0) is 0 Å². The van der Waals surface area contributed by atoms with Gasteiger partial charge in [0.25, 0.3) is 0 Å². The highest BCUT2D eigenvalue weighted by molar-refractivity contribution is 5.66. The van der Waals surface area contributed by atoms with Crippen molar-refractivity contribution in [3.05, 3.63) is 42.5 Å². The van der Waals surface area contributed by atoms with Crippen molar-refractivity contribution in [3.8, 4) is 0 Å².